The zero-order valence-corrected chi connectivity index (χ0v) is 10.6. The van der Waals surface area contributed by atoms with Crippen molar-refractivity contribution in [3.8, 4) is 5.75 Å². The Morgan fingerprint density at radius 2 is 2.11 bits per heavy atom. The molecule has 2 unspecified atom stereocenters. The standard InChI is InChI=1S/C14H20N2O2/c1-9-6-7-10(13(17)8-9)14(18)16-12-5-3-2-4-11(12)15/h6-8,11-12,17H,2-5,15H2,1H3,(H,16,18). The van der Waals surface area contributed by atoms with E-state index in [-0.39, 0.29) is 23.7 Å². The Balaban J connectivity index is 2.07. The van der Waals surface area contributed by atoms with Crippen LogP contribution in [0.3, 0.4) is 0 Å². The third-order valence-corrected chi connectivity index (χ3v) is 3.53. The number of phenols is 1. The highest BCUT2D eigenvalue weighted by Crippen LogP contribution is 2.21. The molecule has 1 amide bonds. The van der Waals surface area contributed by atoms with Crippen LogP contribution in [-0.2, 0) is 0 Å². The molecule has 1 fully saturated rings. The van der Waals surface area contributed by atoms with Gasteiger partial charge in [0.2, 0.25) is 0 Å². The average Bonchev–Trinajstić information content (AvgIpc) is 2.32. The summed E-state index contributed by atoms with van der Waals surface area (Å²) in [6.07, 6.45) is 4.09. The molecule has 18 heavy (non-hydrogen) atoms. The second-order valence-corrected chi connectivity index (χ2v) is 5.05. The Hall–Kier alpha value is -1.55. The summed E-state index contributed by atoms with van der Waals surface area (Å²) >= 11 is 0. The van der Waals surface area contributed by atoms with Crippen molar-refractivity contribution >= 4 is 5.91 Å². The Morgan fingerprint density at radius 1 is 1.39 bits per heavy atom. The first-order valence-electron chi connectivity index (χ1n) is 6.44. The maximum Gasteiger partial charge on any atom is 0.255 e. The molecule has 1 aromatic carbocycles. The minimum atomic E-state index is -0.241. The van der Waals surface area contributed by atoms with Gasteiger partial charge in [0.25, 0.3) is 5.91 Å². The summed E-state index contributed by atoms with van der Waals surface area (Å²) in [6, 6.07) is 5.10. The molecule has 4 nitrogen and oxygen atoms in total. The highest BCUT2D eigenvalue weighted by Gasteiger charge is 2.24. The van der Waals surface area contributed by atoms with Crippen LogP contribution in [0.5, 0.6) is 5.75 Å². The number of phenolic OH excluding ortho intramolecular Hbond substituents is 1. The molecule has 0 heterocycles. The molecule has 0 aliphatic heterocycles. The van der Waals surface area contributed by atoms with Crippen LogP contribution in [0.1, 0.15) is 41.6 Å². The number of hydrogen-bond donors (Lipinski definition) is 3. The van der Waals surface area contributed by atoms with Gasteiger partial charge >= 0.3 is 0 Å². The average molecular weight is 248 g/mol. The number of aromatic hydroxyl groups is 1. The molecular formula is C14H20N2O2. The number of carbonyl (C=O) groups excluding carboxylic acids is 1. The lowest BCUT2D eigenvalue weighted by atomic mass is 9.91. The molecule has 1 aliphatic carbocycles. The molecule has 4 heteroatoms. The summed E-state index contributed by atoms with van der Waals surface area (Å²) in [5.74, 6) is -0.216. The summed E-state index contributed by atoms with van der Waals surface area (Å²) in [6.45, 7) is 1.87. The summed E-state index contributed by atoms with van der Waals surface area (Å²) in [5, 5.41) is 12.7. The highest BCUT2D eigenvalue weighted by molar-refractivity contribution is 5.97. The minimum Gasteiger partial charge on any atom is -0.507 e. The van der Waals surface area contributed by atoms with E-state index in [1.807, 2.05) is 13.0 Å². The van der Waals surface area contributed by atoms with Crippen LogP contribution in [0, 0.1) is 6.92 Å². The molecule has 98 valence electrons. The lowest BCUT2D eigenvalue weighted by molar-refractivity contribution is 0.0918. The molecular weight excluding hydrogens is 228 g/mol. The van der Waals surface area contributed by atoms with E-state index in [9.17, 15) is 9.90 Å². The molecule has 0 saturated heterocycles. The fraction of sp³-hybridized carbons (Fsp3) is 0.500. The van der Waals surface area contributed by atoms with Crippen molar-refractivity contribution < 1.29 is 9.90 Å². The van der Waals surface area contributed by atoms with Crippen LogP contribution in [0.4, 0.5) is 0 Å². The van der Waals surface area contributed by atoms with Gasteiger partial charge in [-0.2, -0.15) is 0 Å². The topological polar surface area (TPSA) is 75.4 Å². The van der Waals surface area contributed by atoms with Crippen molar-refractivity contribution in [2.45, 2.75) is 44.7 Å². The smallest absolute Gasteiger partial charge is 0.255 e. The predicted octanol–water partition coefficient (Wildman–Crippen LogP) is 1.70. The minimum absolute atomic E-state index is 0.0203. The summed E-state index contributed by atoms with van der Waals surface area (Å²) in [4.78, 5) is 12.1. The van der Waals surface area contributed by atoms with Crippen LogP contribution in [0.15, 0.2) is 18.2 Å². The molecule has 1 aromatic rings. The van der Waals surface area contributed by atoms with E-state index in [0.717, 1.165) is 31.2 Å². The van der Waals surface area contributed by atoms with E-state index in [2.05, 4.69) is 5.32 Å². The Bertz CT molecular complexity index is 445. The van der Waals surface area contributed by atoms with Gasteiger partial charge in [0.1, 0.15) is 5.75 Å². The SMILES string of the molecule is Cc1ccc(C(=O)NC2CCCCC2N)c(O)c1. The molecule has 2 atom stereocenters. The van der Waals surface area contributed by atoms with Crippen LogP contribution in [-0.4, -0.2) is 23.1 Å². The van der Waals surface area contributed by atoms with Gasteiger partial charge in [0, 0.05) is 12.1 Å². The van der Waals surface area contributed by atoms with Gasteiger partial charge in [-0.05, 0) is 37.5 Å². The van der Waals surface area contributed by atoms with E-state index >= 15 is 0 Å². The van der Waals surface area contributed by atoms with Gasteiger partial charge in [-0.15, -0.1) is 0 Å². The van der Waals surface area contributed by atoms with E-state index in [4.69, 9.17) is 5.73 Å². The quantitative estimate of drug-likeness (QED) is 0.745. The lowest BCUT2D eigenvalue weighted by Crippen LogP contribution is -2.49. The van der Waals surface area contributed by atoms with Gasteiger partial charge in [0.15, 0.2) is 0 Å². The Labute approximate surface area is 107 Å². The zero-order chi connectivity index (χ0) is 13.1. The van der Waals surface area contributed by atoms with Crippen molar-refractivity contribution in [3.63, 3.8) is 0 Å². The number of rotatable bonds is 2. The maximum absolute atomic E-state index is 12.1. The van der Waals surface area contributed by atoms with E-state index in [0.29, 0.717) is 5.56 Å². The maximum atomic E-state index is 12.1. The first-order valence-corrected chi connectivity index (χ1v) is 6.44. The third-order valence-electron chi connectivity index (χ3n) is 3.53. The predicted molar refractivity (Wildman–Crippen MR) is 70.5 cm³/mol. The number of carbonyl (C=O) groups is 1. The number of benzene rings is 1. The van der Waals surface area contributed by atoms with E-state index in [1.54, 1.807) is 12.1 Å². The fourth-order valence-corrected chi connectivity index (χ4v) is 2.42. The molecule has 0 spiro atoms. The summed E-state index contributed by atoms with van der Waals surface area (Å²) < 4.78 is 0. The molecule has 4 N–H and O–H groups in total. The van der Waals surface area contributed by atoms with Crippen LogP contribution < -0.4 is 11.1 Å². The fourth-order valence-electron chi connectivity index (χ4n) is 2.42. The Morgan fingerprint density at radius 3 is 2.78 bits per heavy atom. The van der Waals surface area contributed by atoms with Crippen LogP contribution in [0.25, 0.3) is 0 Å². The monoisotopic (exact) mass is 248 g/mol. The Kier molecular flexibility index (Phi) is 3.87. The summed E-state index contributed by atoms with van der Waals surface area (Å²) in [7, 11) is 0. The second-order valence-electron chi connectivity index (χ2n) is 5.05. The largest absolute Gasteiger partial charge is 0.507 e. The molecule has 1 saturated carbocycles. The van der Waals surface area contributed by atoms with Gasteiger partial charge in [-0.3, -0.25) is 4.79 Å². The van der Waals surface area contributed by atoms with Crippen molar-refractivity contribution in [1.29, 1.82) is 0 Å². The normalized spacial score (nSPS) is 23.7. The zero-order valence-electron chi connectivity index (χ0n) is 10.6. The first kappa shape index (κ1) is 12.9. The van der Waals surface area contributed by atoms with E-state index in [1.165, 1.54) is 0 Å². The van der Waals surface area contributed by atoms with Crippen molar-refractivity contribution in [2.75, 3.05) is 0 Å². The van der Waals surface area contributed by atoms with Crippen LogP contribution >= 0.6 is 0 Å². The molecule has 0 aromatic heterocycles. The lowest BCUT2D eigenvalue weighted by Gasteiger charge is -2.29. The van der Waals surface area contributed by atoms with Gasteiger partial charge in [0.05, 0.1) is 5.56 Å². The number of nitrogens with one attached hydrogen (secondary N) is 1. The van der Waals surface area contributed by atoms with Gasteiger partial charge < -0.3 is 16.2 Å². The van der Waals surface area contributed by atoms with Crippen molar-refractivity contribution in [3.05, 3.63) is 29.3 Å². The number of amides is 1. The number of aryl methyl sites for hydroxylation is 1. The highest BCUT2D eigenvalue weighted by atomic mass is 16.3. The number of nitrogens with two attached hydrogens (primary N) is 1. The van der Waals surface area contributed by atoms with E-state index < -0.39 is 0 Å². The molecule has 0 radical (unpaired) electrons. The number of hydrogen-bond acceptors (Lipinski definition) is 3. The van der Waals surface area contributed by atoms with Gasteiger partial charge in [-0.25, -0.2) is 0 Å². The van der Waals surface area contributed by atoms with Crippen LogP contribution in [0.2, 0.25) is 0 Å². The van der Waals surface area contributed by atoms with Crippen molar-refractivity contribution in [2.24, 2.45) is 5.73 Å². The van der Waals surface area contributed by atoms with Crippen molar-refractivity contribution in [1.82, 2.24) is 5.32 Å². The second kappa shape index (κ2) is 5.40. The third kappa shape index (κ3) is 2.82. The summed E-state index contributed by atoms with van der Waals surface area (Å²) in [5.41, 5.74) is 7.24. The first-order chi connectivity index (χ1) is 8.58. The molecule has 0 bridgehead atoms. The molecule has 1 aliphatic rings. The van der Waals surface area contributed by atoms with Gasteiger partial charge in [-0.1, -0.05) is 18.9 Å². The molecule has 2 rings (SSSR count).